The summed E-state index contributed by atoms with van der Waals surface area (Å²) in [5.74, 6) is 0. The molecule has 4 aromatic rings. The number of anilines is 1. The minimum absolute atomic E-state index is 0.399. The SMILES string of the molecule is CCN(CC)CCCC(C)Nc1c2ccccc2nc2c1[nH]c1ccccc12. The standard InChI is InChI=1S/C24H30N4/c1-4-28(5-2)16-10-11-17(3)25-22-18-12-6-8-14-20(18)26-23-19-13-7-9-15-21(19)27-24(22)23/h6-9,12-15,17,27H,4-5,10-11,16H2,1-3H3,(H,25,26). The number of fused-ring (bicyclic) bond motifs is 4. The molecular formula is C24H30N4. The molecule has 2 N–H and O–H groups in total. The Bertz CT molecular complexity index is 1080. The van der Waals surface area contributed by atoms with E-state index in [4.69, 9.17) is 4.98 Å². The van der Waals surface area contributed by atoms with Gasteiger partial charge in [0, 0.05) is 22.3 Å². The van der Waals surface area contributed by atoms with Gasteiger partial charge in [0.1, 0.15) is 0 Å². The van der Waals surface area contributed by atoms with Crippen molar-refractivity contribution in [2.24, 2.45) is 0 Å². The summed E-state index contributed by atoms with van der Waals surface area (Å²) in [4.78, 5) is 11.1. The molecule has 0 fully saturated rings. The van der Waals surface area contributed by atoms with Gasteiger partial charge in [0.2, 0.25) is 0 Å². The quantitative estimate of drug-likeness (QED) is 0.410. The average molecular weight is 375 g/mol. The van der Waals surface area contributed by atoms with E-state index in [0.717, 1.165) is 48.1 Å². The molecule has 0 saturated heterocycles. The third kappa shape index (κ3) is 3.57. The van der Waals surface area contributed by atoms with E-state index in [2.05, 4.69) is 84.5 Å². The van der Waals surface area contributed by atoms with Crippen LogP contribution in [0.3, 0.4) is 0 Å². The normalized spacial score (nSPS) is 13.0. The maximum Gasteiger partial charge on any atom is 0.0986 e. The lowest BCUT2D eigenvalue weighted by atomic mass is 10.1. The molecule has 0 saturated carbocycles. The number of nitrogens with one attached hydrogen (secondary N) is 2. The topological polar surface area (TPSA) is 44.0 Å². The highest BCUT2D eigenvalue weighted by Crippen LogP contribution is 2.35. The van der Waals surface area contributed by atoms with E-state index in [0.29, 0.717) is 6.04 Å². The zero-order valence-corrected chi connectivity index (χ0v) is 17.1. The van der Waals surface area contributed by atoms with Crippen molar-refractivity contribution in [3.63, 3.8) is 0 Å². The van der Waals surface area contributed by atoms with Crippen LogP contribution in [0.5, 0.6) is 0 Å². The third-order valence-corrected chi connectivity index (χ3v) is 5.73. The molecule has 0 bridgehead atoms. The second kappa shape index (κ2) is 8.19. The van der Waals surface area contributed by atoms with Gasteiger partial charge in [-0.3, -0.25) is 0 Å². The van der Waals surface area contributed by atoms with Crippen molar-refractivity contribution in [1.82, 2.24) is 14.9 Å². The molecule has 0 aliphatic rings. The Morgan fingerprint density at radius 1 is 1.00 bits per heavy atom. The first kappa shape index (κ1) is 18.8. The first-order valence-electron chi connectivity index (χ1n) is 10.5. The Morgan fingerprint density at radius 2 is 1.71 bits per heavy atom. The maximum absolute atomic E-state index is 4.96. The lowest BCUT2D eigenvalue weighted by Gasteiger charge is -2.21. The second-order valence-corrected chi connectivity index (χ2v) is 7.61. The highest BCUT2D eigenvalue weighted by molar-refractivity contribution is 6.15. The van der Waals surface area contributed by atoms with Crippen molar-refractivity contribution in [2.45, 2.75) is 39.7 Å². The average Bonchev–Trinajstić information content (AvgIpc) is 3.10. The van der Waals surface area contributed by atoms with Crippen LogP contribution in [0.1, 0.15) is 33.6 Å². The fraction of sp³-hybridized carbons (Fsp3) is 0.375. The van der Waals surface area contributed by atoms with Gasteiger partial charge in [-0.2, -0.15) is 0 Å². The Hall–Kier alpha value is -2.59. The summed E-state index contributed by atoms with van der Waals surface area (Å²) in [6.07, 6.45) is 2.35. The van der Waals surface area contributed by atoms with Crippen molar-refractivity contribution in [2.75, 3.05) is 25.0 Å². The molecule has 2 heterocycles. The molecule has 0 aliphatic heterocycles. The third-order valence-electron chi connectivity index (χ3n) is 5.73. The van der Waals surface area contributed by atoms with E-state index < -0.39 is 0 Å². The van der Waals surface area contributed by atoms with Crippen LogP contribution in [0.15, 0.2) is 48.5 Å². The smallest absolute Gasteiger partial charge is 0.0986 e. The summed E-state index contributed by atoms with van der Waals surface area (Å²) < 4.78 is 0. The predicted octanol–water partition coefficient (Wildman–Crippen LogP) is 5.79. The predicted molar refractivity (Wildman–Crippen MR) is 121 cm³/mol. The van der Waals surface area contributed by atoms with Crippen LogP contribution < -0.4 is 5.32 Å². The number of hydrogen-bond donors (Lipinski definition) is 2. The summed E-state index contributed by atoms with van der Waals surface area (Å²) in [6, 6.07) is 17.2. The Morgan fingerprint density at radius 3 is 2.50 bits per heavy atom. The second-order valence-electron chi connectivity index (χ2n) is 7.61. The molecule has 4 heteroatoms. The molecule has 0 radical (unpaired) electrons. The molecule has 4 rings (SSSR count). The van der Waals surface area contributed by atoms with Crippen molar-refractivity contribution < 1.29 is 0 Å². The van der Waals surface area contributed by atoms with Crippen LogP contribution in [-0.4, -0.2) is 40.5 Å². The number of aromatic nitrogens is 2. The summed E-state index contributed by atoms with van der Waals surface area (Å²) in [5, 5.41) is 6.17. The summed E-state index contributed by atoms with van der Waals surface area (Å²) >= 11 is 0. The zero-order chi connectivity index (χ0) is 19.5. The van der Waals surface area contributed by atoms with Crippen molar-refractivity contribution in [1.29, 1.82) is 0 Å². The lowest BCUT2D eigenvalue weighted by molar-refractivity contribution is 0.295. The number of H-pyrrole nitrogens is 1. The van der Waals surface area contributed by atoms with Gasteiger partial charge in [-0.15, -0.1) is 0 Å². The first-order chi connectivity index (χ1) is 13.7. The molecule has 0 amide bonds. The molecule has 2 aromatic heterocycles. The van der Waals surface area contributed by atoms with Crippen molar-refractivity contribution in [3.8, 4) is 0 Å². The number of rotatable bonds is 8. The van der Waals surface area contributed by atoms with Crippen LogP contribution in [0, 0.1) is 0 Å². The summed E-state index contributed by atoms with van der Waals surface area (Å²) in [6.45, 7) is 10.2. The van der Waals surface area contributed by atoms with E-state index in [1.807, 2.05) is 0 Å². The van der Waals surface area contributed by atoms with Crippen molar-refractivity contribution >= 4 is 38.5 Å². The van der Waals surface area contributed by atoms with Crippen LogP contribution in [0.2, 0.25) is 0 Å². The number of nitrogens with zero attached hydrogens (tertiary/aromatic N) is 2. The zero-order valence-electron chi connectivity index (χ0n) is 17.1. The van der Waals surface area contributed by atoms with Crippen LogP contribution in [-0.2, 0) is 0 Å². The van der Waals surface area contributed by atoms with Crippen LogP contribution >= 0.6 is 0 Å². The number of para-hydroxylation sites is 2. The summed E-state index contributed by atoms with van der Waals surface area (Å²) in [5.41, 5.74) is 5.50. The number of pyridine rings is 1. The Balaban J connectivity index is 1.68. The van der Waals surface area contributed by atoms with E-state index in [-0.39, 0.29) is 0 Å². The van der Waals surface area contributed by atoms with Crippen LogP contribution in [0.25, 0.3) is 32.8 Å². The molecule has 1 atom stereocenters. The van der Waals surface area contributed by atoms with Gasteiger partial charge in [-0.05, 0) is 51.5 Å². The van der Waals surface area contributed by atoms with E-state index >= 15 is 0 Å². The van der Waals surface area contributed by atoms with Gasteiger partial charge in [0.15, 0.2) is 0 Å². The molecule has 0 aliphatic carbocycles. The van der Waals surface area contributed by atoms with Gasteiger partial charge < -0.3 is 15.2 Å². The van der Waals surface area contributed by atoms with Crippen molar-refractivity contribution in [3.05, 3.63) is 48.5 Å². The maximum atomic E-state index is 4.96. The molecular weight excluding hydrogens is 344 g/mol. The molecule has 146 valence electrons. The van der Waals surface area contributed by atoms with E-state index in [1.54, 1.807) is 0 Å². The number of aromatic amines is 1. The Kier molecular flexibility index (Phi) is 5.49. The molecule has 0 spiro atoms. The molecule has 1 unspecified atom stereocenters. The fourth-order valence-corrected chi connectivity index (χ4v) is 4.09. The highest BCUT2D eigenvalue weighted by atomic mass is 15.1. The number of hydrogen-bond acceptors (Lipinski definition) is 3. The van der Waals surface area contributed by atoms with E-state index in [1.165, 1.54) is 22.9 Å². The van der Waals surface area contributed by atoms with E-state index in [9.17, 15) is 0 Å². The largest absolute Gasteiger partial charge is 0.380 e. The first-order valence-corrected chi connectivity index (χ1v) is 10.5. The van der Waals surface area contributed by atoms with Gasteiger partial charge in [-0.1, -0.05) is 50.2 Å². The number of benzene rings is 2. The van der Waals surface area contributed by atoms with Crippen LogP contribution in [0.4, 0.5) is 5.69 Å². The minimum atomic E-state index is 0.399. The van der Waals surface area contributed by atoms with Gasteiger partial charge in [0.05, 0.1) is 22.2 Å². The molecule has 2 aromatic carbocycles. The molecule has 28 heavy (non-hydrogen) atoms. The summed E-state index contributed by atoms with van der Waals surface area (Å²) in [7, 11) is 0. The monoisotopic (exact) mass is 374 g/mol. The van der Waals surface area contributed by atoms with Gasteiger partial charge in [-0.25, -0.2) is 4.98 Å². The van der Waals surface area contributed by atoms with Gasteiger partial charge in [0.25, 0.3) is 0 Å². The minimum Gasteiger partial charge on any atom is -0.380 e. The highest BCUT2D eigenvalue weighted by Gasteiger charge is 2.15. The lowest BCUT2D eigenvalue weighted by Crippen LogP contribution is -2.25. The van der Waals surface area contributed by atoms with Gasteiger partial charge >= 0.3 is 0 Å². The Labute approximate surface area is 166 Å². The fourth-order valence-electron chi connectivity index (χ4n) is 4.09. The molecule has 4 nitrogen and oxygen atoms in total.